The van der Waals surface area contributed by atoms with E-state index in [1.807, 2.05) is 6.07 Å². The Bertz CT molecular complexity index is 1030. The second kappa shape index (κ2) is 6.64. The van der Waals surface area contributed by atoms with E-state index in [0.29, 0.717) is 46.4 Å². The summed E-state index contributed by atoms with van der Waals surface area (Å²) in [4.78, 5) is 24.2. The third-order valence-electron chi connectivity index (χ3n) is 4.53. The number of H-pyrrole nitrogens is 1. The third kappa shape index (κ3) is 2.95. The Labute approximate surface area is 155 Å². The fourth-order valence-corrected chi connectivity index (χ4v) is 3.16. The molecule has 3 heterocycles. The quantitative estimate of drug-likeness (QED) is 0.609. The van der Waals surface area contributed by atoms with E-state index in [4.69, 9.17) is 15.2 Å². The molecule has 0 aliphatic carbocycles. The molecule has 4 N–H and O–H groups in total. The minimum absolute atomic E-state index is 0.0721. The van der Waals surface area contributed by atoms with Crippen LogP contribution in [0.4, 0.5) is 5.69 Å². The Kier molecular flexibility index (Phi) is 4.15. The molecule has 1 amide bonds. The van der Waals surface area contributed by atoms with Crippen molar-refractivity contribution in [1.82, 2.24) is 20.3 Å². The van der Waals surface area contributed by atoms with Crippen LogP contribution in [0.2, 0.25) is 0 Å². The van der Waals surface area contributed by atoms with Gasteiger partial charge in [0.25, 0.3) is 5.91 Å². The van der Waals surface area contributed by atoms with Gasteiger partial charge in [-0.1, -0.05) is 0 Å². The predicted octanol–water partition coefficient (Wildman–Crippen LogP) is 2.02. The van der Waals surface area contributed by atoms with Crippen LogP contribution in [0, 0.1) is 0 Å². The van der Waals surface area contributed by atoms with Gasteiger partial charge in [-0.05, 0) is 18.2 Å². The molecule has 4 rings (SSSR count). The first-order valence-corrected chi connectivity index (χ1v) is 8.46. The van der Waals surface area contributed by atoms with Gasteiger partial charge in [0.1, 0.15) is 0 Å². The number of rotatable bonds is 4. The first-order chi connectivity index (χ1) is 13.1. The highest BCUT2D eigenvalue weighted by Crippen LogP contribution is 2.36. The van der Waals surface area contributed by atoms with Crippen LogP contribution in [0.5, 0.6) is 11.5 Å². The van der Waals surface area contributed by atoms with Gasteiger partial charge in [0.15, 0.2) is 17.3 Å². The van der Waals surface area contributed by atoms with Crippen molar-refractivity contribution in [2.24, 2.45) is 0 Å². The van der Waals surface area contributed by atoms with E-state index in [-0.39, 0.29) is 5.91 Å². The third-order valence-corrected chi connectivity index (χ3v) is 4.53. The molecule has 1 aromatic carbocycles. The van der Waals surface area contributed by atoms with E-state index < -0.39 is 0 Å². The molecule has 1 aliphatic heterocycles. The highest BCUT2D eigenvalue weighted by Gasteiger charge is 2.21. The van der Waals surface area contributed by atoms with E-state index in [2.05, 4.69) is 20.3 Å². The summed E-state index contributed by atoms with van der Waals surface area (Å²) in [6.45, 7) is 0.628. The van der Waals surface area contributed by atoms with Crippen LogP contribution >= 0.6 is 0 Å². The van der Waals surface area contributed by atoms with E-state index in [1.165, 1.54) is 0 Å². The predicted molar refractivity (Wildman–Crippen MR) is 101 cm³/mol. The lowest BCUT2D eigenvalue weighted by Gasteiger charge is -2.12. The number of nitrogens with two attached hydrogens (primary N) is 1. The molecule has 0 saturated heterocycles. The molecule has 0 radical (unpaired) electrons. The van der Waals surface area contributed by atoms with Gasteiger partial charge in [0, 0.05) is 42.2 Å². The van der Waals surface area contributed by atoms with Gasteiger partial charge in [-0.3, -0.25) is 4.79 Å². The molecule has 0 fully saturated rings. The maximum absolute atomic E-state index is 12.0. The van der Waals surface area contributed by atoms with Gasteiger partial charge in [-0.25, -0.2) is 9.97 Å². The van der Waals surface area contributed by atoms with Crippen LogP contribution in [0.1, 0.15) is 16.1 Å². The number of amides is 1. The van der Waals surface area contributed by atoms with E-state index >= 15 is 0 Å². The monoisotopic (exact) mass is 365 g/mol. The summed E-state index contributed by atoms with van der Waals surface area (Å²) in [6.07, 6.45) is 2.43. The zero-order valence-electron chi connectivity index (χ0n) is 15.0. The van der Waals surface area contributed by atoms with Crippen LogP contribution in [-0.4, -0.2) is 41.6 Å². The number of carbonyl (C=O) groups excluding carboxylic acids is 1. The van der Waals surface area contributed by atoms with Crippen molar-refractivity contribution in [3.05, 3.63) is 41.7 Å². The van der Waals surface area contributed by atoms with Crippen LogP contribution in [0.25, 0.3) is 22.8 Å². The standard InChI is InChI=1S/C19H19N5O3/c1-26-16-8-10(12(20)9-17(16)27-2)18-21-5-4-14(24-18)15-7-11-13(23-15)3-6-22-19(11)25/h4-5,7-9,23H,3,6,20H2,1-2H3,(H,22,25). The van der Waals surface area contributed by atoms with Crippen LogP contribution in [-0.2, 0) is 6.42 Å². The highest BCUT2D eigenvalue weighted by molar-refractivity contribution is 5.97. The van der Waals surface area contributed by atoms with Crippen molar-refractivity contribution < 1.29 is 14.3 Å². The number of nitrogens with one attached hydrogen (secondary N) is 2. The number of hydrogen-bond donors (Lipinski definition) is 3. The SMILES string of the molecule is COc1cc(N)c(-c2nccc(-c3cc4c([nH]3)CCNC4=O)n2)cc1OC. The minimum Gasteiger partial charge on any atom is -0.493 e. The summed E-state index contributed by atoms with van der Waals surface area (Å²) in [6, 6.07) is 7.03. The van der Waals surface area contributed by atoms with Crippen molar-refractivity contribution in [2.45, 2.75) is 6.42 Å². The van der Waals surface area contributed by atoms with E-state index in [1.54, 1.807) is 38.6 Å². The number of nitrogens with zero attached hydrogens (tertiary/aromatic N) is 2. The number of hydrogen-bond acceptors (Lipinski definition) is 6. The Morgan fingerprint density at radius 3 is 2.63 bits per heavy atom. The Morgan fingerprint density at radius 2 is 1.89 bits per heavy atom. The van der Waals surface area contributed by atoms with Crippen LogP contribution in [0.3, 0.4) is 0 Å². The number of aromatic amines is 1. The molecule has 138 valence electrons. The average Bonchev–Trinajstić information content (AvgIpc) is 3.13. The number of aromatic nitrogens is 3. The number of benzene rings is 1. The Morgan fingerprint density at radius 1 is 1.11 bits per heavy atom. The minimum atomic E-state index is -0.0721. The summed E-state index contributed by atoms with van der Waals surface area (Å²) in [5.74, 6) is 1.47. The smallest absolute Gasteiger partial charge is 0.253 e. The maximum atomic E-state index is 12.0. The molecule has 8 heteroatoms. The van der Waals surface area contributed by atoms with Gasteiger partial charge in [0.2, 0.25) is 0 Å². The van der Waals surface area contributed by atoms with Gasteiger partial charge in [-0.2, -0.15) is 0 Å². The van der Waals surface area contributed by atoms with E-state index in [9.17, 15) is 4.79 Å². The van der Waals surface area contributed by atoms with Crippen molar-refractivity contribution in [3.63, 3.8) is 0 Å². The normalized spacial score (nSPS) is 13.0. The maximum Gasteiger partial charge on any atom is 0.253 e. The fraction of sp³-hybridized carbons (Fsp3) is 0.211. The zero-order chi connectivity index (χ0) is 19.0. The second-order valence-corrected chi connectivity index (χ2v) is 6.14. The first kappa shape index (κ1) is 16.9. The van der Waals surface area contributed by atoms with Crippen molar-refractivity contribution in [2.75, 3.05) is 26.5 Å². The summed E-state index contributed by atoms with van der Waals surface area (Å²) >= 11 is 0. The molecule has 0 spiro atoms. The van der Waals surface area contributed by atoms with Gasteiger partial charge in [-0.15, -0.1) is 0 Å². The van der Waals surface area contributed by atoms with Gasteiger partial charge in [0.05, 0.1) is 31.2 Å². The van der Waals surface area contributed by atoms with Crippen LogP contribution < -0.4 is 20.5 Å². The fourth-order valence-electron chi connectivity index (χ4n) is 3.16. The number of anilines is 1. The summed E-state index contributed by atoms with van der Waals surface area (Å²) in [5.41, 5.74) is 10.3. The lowest BCUT2D eigenvalue weighted by atomic mass is 10.1. The molecule has 0 saturated carbocycles. The first-order valence-electron chi connectivity index (χ1n) is 8.46. The summed E-state index contributed by atoms with van der Waals surface area (Å²) < 4.78 is 10.6. The second-order valence-electron chi connectivity index (χ2n) is 6.14. The largest absolute Gasteiger partial charge is 0.493 e. The Hall–Kier alpha value is -3.55. The molecular weight excluding hydrogens is 346 g/mol. The molecule has 1 aliphatic rings. The zero-order valence-corrected chi connectivity index (χ0v) is 15.0. The number of ether oxygens (including phenoxy) is 2. The number of fused-ring (bicyclic) bond motifs is 1. The molecule has 0 atom stereocenters. The number of methoxy groups -OCH3 is 2. The molecule has 0 unspecified atom stereocenters. The number of carbonyl (C=O) groups is 1. The molecule has 2 aromatic heterocycles. The average molecular weight is 365 g/mol. The van der Waals surface area contributed by atoms with Gasteiger partial charge >= 0.3 is 0 Å². The molecule has 0 bridgehead atoms. The molecule has 27 heavy (non-hydrogen) atoms. The van der Waals surface area contributed by atoms with Crippen molar-refractivity contribution >= 4 is 11.6 Å². The summed E-state index contributed by atoms with van der Waals surface area (Å²) in [5, 5.41) is 2.84. The van der Waals surface area contributed by atoms with Crippen molar-refractivity contribution in [1.29, 1.82) is 0 Å². The van der Waals surface area contributed by atoms with Crippen molar-refractivity contribution in [3.8, 4) is 34.3 Å². The van der Waals surface area contributed by atoms with Gasteiger partial charge < -0.3 is 25.5 Å². The lowest BCUT2D eigenvalue weighted by molar-refractivity contribution is 0.0946. The lowest BCUT2D eigenvalue weighted by Crippen LogP contribution is -2.31. The molecule has 8 nitrogen and oxygen atoms in total. The summed E-state index contributed by atoms with van der Waals surface area (Å²) in [7, 11) is 3.11. The molecule has 3 aromatic rings. The van der Waals surface area contributed by atoms with E-state index in [0.717, 1.165) is 17.8 Å². The Balaban J connectivity index is 1.77. The highest BCUT2D eigenvalue weighted by atomic mass is 16.5. The topological polar surface area (TPSA) is 115 Å². The number of nitrogen functional groups attached to an aromatic ring is 1. The van der Waals surface area contributed by atoms with Crippen LogP contribution in [0.15, 0.2) is 30.5 Å². The molecular formula is C19H19N5O3.